The SMILES string of the molecule is CC1CCCCN1Cc1ccc(NC(=O)COc2cccc(NC(=O)c3ccco3)c2)cc1. The first-order valence-electron chi connectivity index (χ1n) is 11.3. The van der Waals surface area contributed by atoms with Crippen molar-refractivity contribution in [3.8, 4) is 5.75 Å². The van der Waals surface area contributed by atoms with Gasteiger partial charge in [-0.1, -0.05) is 24.6 Å². The van der Waals surface area contributed by atoms with Gasteiger partial charge >= 0.3 is 0 Å². The van der Waals surface area contributed by atoms with Crippen LogP contribution in [0.3, 0.4) is 0 Å². The fraction of sp³-hybridized carbons (Fsp3) is 0.308. The number of ether oxygens (including phenoxy) is 1. The number of amides is 2. The summed E-state index contributed by atoms with van der Waals surface area (Å²) in [7, 11) is 0. The van der Waals surface area contributed by atoms with Gasteiger partial charge in [0.2, 0.25) is 0 Å². The maximum absolute atomic E-state index is 12.3. The summed E-state index contributed by atoms with van der Waals surface area (Å²) in [5.41, 5.74) is 2.53. The number of nitrogens with zero attached hydrogens (tertiary/aromatic N) is 1. The number of nitrogens with one attached hydrogen (secondary N) is 2. The molecule has 2 N–H and O–H groups in total. The van der Waals surface area contributed by atoms with Crippen molar-refractivity contribution in [3.05, 3.63) is 78.3 Å². The van der Waals surface area contributed by atoms with Crippen molar-refractivity contribution in [3.63, 3.8) is 0 Å². The van der Waals surface area contributed by atoms with Gasteiger partial charge in [-0.05, 0) is 68.3 Å². The quantitative estimate of drug-likeness (QED) is 0.512. The Balaban J connectivity index is 1.25. The number of carbonyl (C=O) groups is 2. The smallest absolute Gasteiger partial charge is 0.291 e. The zero-order valence-electron chi connectivity index (χ0n) is 18.8. The molecule has 0 bridgehead atoms. The molecular weight excluding hydrogens is 418 g/mol. The van der Waals surface area contributed by atoms with Gasteiger partial charge in [0.05, 0.1) is 6.26 Å². The molecule has 0 radical (unpaired) electrons. The summed E-state index contributed by atoms with van der Waals surface area (Å²) >= 11 is 0. The number of furan rings is 1. The van der Waals surface area contributed by atoms with Crippen LogP contribution in [0.15, 0.2) is 71.3 Å². The standard InChI is InChI=1S/C26H29N3O4/c1-19-6-2-3-14-29(19)17-20-10-12-21(13-11-20)27-25(30)18-33-23-8-4-7-22(16-23)28-26(31)24-9-5-15-32-24/h4-5,7-13,15-16,19H,2-3,6,14,17-18H2,1H3,(H,27,30)(H,28,31). The van der Waals surface area contributed by atoms with Crippen LogP contribution in [0.25, 0.3) is 0 Å². The van der Waals surface area contributed by atoms with Gasteiger partial charge in [-0.3, -0.25) is 14.5 Å². The van der Waals surface area contributed by atoms with E-state index >= 15 is 0 Å². The normalized spacial score (nSPS) is 16.2. The second-order valence-corrected chi connectivity index (χ2v) is 8.31. The van der Waals surface area contributed by atoms with Crippen molar-refractivity contribution in [1.82, 2.24) is 4.90 Å². The van der Waals surface area contributed by atoms with E-state index in [4.69, 9.17) is 9.15 Å². The summed E-state index contributed by atoms with van der Waals surface area (Å²) in [6, 6.07) is 18.7. The summed E-state index contributed by atoms with van der Waals surface area (Å²) in [4.78, 5) is 26.9. The minimum absolute atomic E-state index is 0.136. The maximum atomic E-state index is 12.3. The Kier molecular flexibility index (Phi) is 7.42. The molecule has 1 saturated heterocycles. The van der Waals surface area contributed by atoms with Crippen LogP contribution >= 0.6 is 0 Å². The number of anilines is 2. The van der Waals surface area contributed by atoms with E-state index in [0.717, 1.165) is 18.8 Å². The highest BCUT2D eigenvalue weighted by atomic mass is 16.5. The Hall–Kier alpha value is -3.58. The van der Waals surface area contributed by atoms with Gasteiger partial charge in [0.1, 0.15) is 5.75 Å². The second-order valence-electron chi connectivity index (χ2n) is 8.31. The highest BCUT2D eigenvalue weighted by Gasteiger charge is 2.18. The zero-order chi connectivity index (χ0) is 23.0. The molecular formula is C26H29N3O4. The second kappa shape index (κ2) is 10.8. The van der Waals surface area contributed by atoms with Gasteiger partial charge in [0.25, 0.3) is 11.8 Å². The third-order valence-electron chi connectivity index (χ3n) is 5.77. The van der Waals surface area contributed by atoms with Gasteiger partial charge in [0.15, 0.2) is 12.4 Å². The number of likely N-dealkylation sites (tertiary alicyclic amines) is 1. The lowest BCUT2D eigenvalue weighted by molar-refractivity contribution is -0.118. The van der Waals surface area contributed by atoms with E-state index in [1.165, 1.54) is 31.1 Å². The molecule has 2 aromatic carbocycles. The molecule has 2 heterocycles. The number of hydrogen-bond acceptors (Lipinski definition) is 5. The summed E-state index contributed by atoms with van der Waals surface area (Å²) in [6.07, 6.45) is 5.27. The average molecular weight is 448 g/mol. The molecule has 172 valence electrons. The van der Waals surface area contributed by atoms with Gasteiger partial charge in [-0.2, -0.15) is 0 Å². The van der Waals surface area contributed by atoms with Crippen LogP contribution in [0, 0.1) is 0 Å². The van der Waals surface area contributed by atoms with E-state index in [9.17, 15) is 9.59 Å². The monoisotopic (exact) mass is 447 g/mol. The lowest BCUT2D eigenvalue weighted by Crippen LogP contribution is -2.36. The van der Waals surface area contributed by atoms with Crippen LogP contribution in [0.5, 0.6) is 5.75 Å². The molecule has 33 heavy (non-hydrogen) atoms. The van der Waals surface area contributed by atoms with E-state index in [1.807, 2.05) is 12.1 Å². The van der Waals surface area contributed by atoms with Gasteiger partial charge < -0.3 is 19.8 Å². The third-order valence-corrected chi connectivity index (χ3v) is 5.77. The molecule has 1 aliphatic heterocycles. The number of hydrogen-bond donors (Lipinski definition) is 2. The summed E-state index contributed by atoms with van der Waals surface area (Å²) < 4.78 is 10.7. The highest BCUT2D eigenvalue weighted by Crippen LogP contribution is 2.21. The third kappa shape index (κ3) is 6.46. The van der Waals surface area contributed by atoms with E-state index in [0.29, 0.717) is 17.5 Å². The Labute approximate surface area is 193 Å². The minimum atomic E-state index is -0.354. The Morgan fingerprint density at radius 2 is 1.88 bits per heavy atom. The van der Waals surface area contributed by atoms with Crippen LogP contribution < -0.4 is 15.4 Å². The average Bonchev–Trinajstić information content (AvgIpc) is 3.36. The summed E-state index contributed by atoms with van der Waals surface area (Å²) in [5.74, 6) is 0.0936. The maximum Gasteiger partial charge on any atom is 0.291 e. The molecule has 0 aliphatic carbocycles. The first-order valence-corrected chi connectivity index (χ1v) is 11.3. The molecule has 3 aromatic rings. The van der Waals surface area contributed by atoms with Crippen molar-refractivity contribution >= 4 is 23.2 Å². The van der Waals surface area contributed by atoms with Crippen LogP contribution in [0.2, 0.25) is 0 Å². The number of carbonyl (C=O) groups excluding carboxylic acids is 2. The van der Waals surface area contributed by atoms with Crippen molar-refractivity contribution in [2.24, 2.45) is 0 Å². The lowest BCUT2D eigenvalue weighted by Gasteiger charge is -2.33. The lowest BCUT2D eigenvalue weighted by atomic mass is 10.0. The van der Waals surface area contributed by atoms with E-state index in [2.05, 4.69) is 34.6 Å². The topological polar surface area (TPSA) is 83.8 Å². The molecule has 1 unspecified atom stereocenters. The van der Waals surface area contributed by atoms with Crippen LogP contribution in [-0.2, 0) is 11.3 Å². The minimum Gasteiger partial charge on any atom is -0.484 e. The number of rotatable bonds is 8. The van der Waals surface area contributed by atoms with E-state index < -0.39 is 0 Å². The van der Waals surface area contributed by atoms with Gasteiger partial charge in [-0.15, -0.1) is 0 Å². The number of benzene rings is 2. The largest absolute Gasteiger partial charge is 0.484 e. The zero-order valence-corrected chi connectivity index (χ0v) is 18.8. The first kappa shape index (κ1) is 22.6. The van der Waals surface area contributed by atoms with Crippen LogP contribution in [0.4, 0.5) is 11.4 Å². The predicted molar refractivity (Wildman–Crippen MR) is 127 cm³/mol. The first-order chi connectivity index (χ1) is 16.1. The van der Waals surface area contributed by atoms with Crippen molar-refractivity contribution in [2.75, 3.05) is 23.8 Å². The predicted octanol–water partition coefficient (Wildman–Crippen LogP) is 4.92. The molecule has 1 fully saturated rings. The van der Waals surface area contributed by atoms with Crippen LogP contribution in [0.1, 0.15) is 42.3 Å². The van der Waals surface area contributed by atoms with E-state index in [1.54, 1.807) is 36.4 Å². The van der Waals surface area contributed by atoms with Gasteiger partial charge in [0, 0.05) is 30.0 Å². The summed E-state index contributed by atoms with van der Waals surface area (Å²) in [5, 5.41) is 5.59. The van der Waals surface area contributed by atoms with Gasteiger partial charge in [-0.25, -0.2) is 0 Å². The molecule has 4 rings (SSSR count). The molecule has 2 amide bonds. The molecule has 7 heteroatoms. The molecule has 7 nitrogen and oxygen atoms in total. The Morgan fingerprint density at radius 1 is 1.03 bits per heavy atom. The molecule has 1 atom stereocenters. The molecule has 0 spiro atoms. The van der Waals surface area contributed by atoms with Crippen LogP contribution in [-0.4, -0.2) is 35.9 Å². The van der Waals surface area contributed by atoms with Crippen molar-refractivity contribution < 1.29 is 18.7 Å². The molecule has 0 saturated carbocycles. The van der Waals surface area contributed by atoms with E-state index in [-0.39, 0.29) is 24.2 Å². The van der Waals surface area contributed by atoms with Crippen molar-refractivity contribution in [1.29, 1.82) is 0 Å². The Bertz CT molecular complexity index is 1060. The fourth-order valence-electron chi connectivity index (χ4n) is 3.93. The highest BCUT2D eigenvalue weighted by molar-refractivity contribution is 6.02. The fourth-order valence-corrected chi connectivity index (χ4v) is 3.93. The molecule has 1 aliphatic rings. The number of piperidine rings is 1. The van der Waals surface area contributed by atoms with Crippen molar-refractivity contribution in [2.45, 2.75) is 38.8 Å². The Morgan fingerprint density at radius 3 is 2.64 bits per heavy atom. The summed E-state index contributed by atoms with van der Waals surface area (Å²) in [6.45, 7) is 4.23. The molecule has 1 aromatic heterocycles.